The summed E-state index contributed by atoms with van der Waals surface area (Å²) in [4.78, 5) is 20.5. The summed E-state index contributed by atoms with van der Waals surface area (Å²) in [6.07, 6.45) is 5.32. The minimum atomic E-state index is -0.314. The SMILES string of the molecule is O=c1nc(C2CC2)ccn1-c1ncoc1-c1ccccc1. The molecule has 0 saturated heterocycles. The van der Waals surface area contributed by atoms with E-state index in [0.717, 1.165) is 24.1 Å². The Morgan fingerprint density at radius 3 is 2.67 bits per heavy atom. The molecule has 0 amide bonds. The van der Waals surface area contributed by atoms with Crippen molar-refractivity contribution in [2.45, 2.75) is 18.8 Å². The largest absolute Gasteiger partial charge is 0.441 e. The van der Waals surface area contributed by atoms with E-state index in [9.17, 15) is 4.79 Å². The zero-order valence-electron chi connectivity index (χ0n) is 11.3. The molecule has 1 aliphatic rings. The van der Waals surface area contributed by atoms with Crippen LogP contribution in [-0.4, -0.2) is 14.5 Å². The van der Waals surface area contributed by atoms with Gasteiger partial charge < -0.3 is 4.42 Å². The highest BCUT2D eigenvalue weighted by Crippen LogP contribution is 2.38. The molecule has 2 aromatic heterocycles. The molecule has 1 saturated carbocycles. The molecule has 1 fully saturated rings. The van der Waals surface area contributed by atoms with Gasteiger partial charge in [0.2, 0.25) is 0 Å². The number of oxazole rings is 1. The monoisotopic (exact) mass is 279 g/mol. The highest BCUT2D eigenvalue weighted by molar-refractivity contribution is 5.64. The van der Waals surface area contributed by atoms with E-state index in [0.29, 0.717) is 17.5 Å². The standard InChI is InChI=1S/C16H13N3O2/c20-16-18-13(11-6-7-11)8-9-19(16)15-14(21-10-17-15)12-4-2-1-3-5-12/h1-5,8-11H,6-7H2. The van der Waals surface area contributed by atoms with Crippen molar-refractivity contribution in [2.24, 2.45) is 0 Å². The van der Waals surface area contributed by atoms with Gasteiger partial charge in [-0.3, -0.25) is 0 Å². The van der Waals surface area contributed by atoms with Crippen molar-refractivity contribution in [3.63, 3.8) is 0 Å². The average molecular weight is 279 g/mol. The predicted octanol–water partition coefficient (Wildman–Crippen LogP) is 2.76. The third-order valence-corrected chi connectivity index (χ3v) is 3.63. The Morgan fingerprint density at radius 1 is 1.14 bits per heavy atom. The minimum absolute atomic E-state index is 0.314. The molecule has 1 aromatic carbocycles. The van der Waals surface area contributed by atoms with Crippen LogP contribution in [0.5, 0.6) is 0 Å². The fourth-order valence-corrected chi connectivity index (χ4v) is 2.38. The van der Waals surface area contributed by atoms with E-state index in [1.165, 1.54) is 11.0 Å². The van der Waals surface area contributed by atoms with E-state index in [-0.39, 0.29) is 5.69 Å². The van der Waals surface area contributed by atoms with Crippen LogP contribution in [0.15, 0.2) is 58.2 Å². The fraction of sp³-hybridized carbons (Fsp3) is 0.188. The Morgan fingerprint density at radius 2 is 1.95 bits per heavy atom. The first-order valence-corrected chi connectivity index (χ1v) is 6.92. The second-order valence-electron chi connectivity index (χ2n) is 5.15. The number of nitrogens with zero attached hydrogens (tertiary/aromatic N) is 3. The quantitative estimate of drug-likeness (QED) is 0.739. The average Bonchev–Trinajstić information content (AvgIpc) is 3.26. The van der Waals surface area contributed by atoms with E-state index >= 15 is 0 Å². The molecular formula is C16H13N3O2. The summed E-state index contributed by atoms with van der Waals surface area (Å²) in [6, 6.07) is 11.5. The summed E-state index contributed by atoms with van der Waals surface area (Å²) in [5.41, 5.74) is 1.44. The van der Waals surface area contributed by atoms with E-state index in [1.807, 2.05) is 36.4 Å². The van der Waals surface area contributed by atoms with Gasteiger partial charge in [0.15, 0.2) is 18.0 Å². The lowest BCUT2D eigenvalue weighted by Gasteiger charge is -2.05. The van der Waals surface area contributed by atoms with Gasteiger partial charge in [0.1, 0.15) is 0 Å². The van der Waals surface area contributed by atoms with E-state index < -0.39 is 0 Å². The van der Waals surface area contributed by atoms with Crippen LogP contribution in [0.2, 0.25) is 0 Å². The third-order valence-electron chi connectivity index (χ3n) is 3.63. The van der Waals surface area contributed by atoms with Crippen molar-refractivity contribution in [2.75, 3.05) is 0 Å². The summed E-state index contributed by atoms with van der Waals surface area (Å²) in [5.74, 6) is 1.50. The number of benzene rings is 1. The molecule has 5 nitrogen and oxygen atoms in total. The molecule has 0 radical (unpaired) electrons. The second-order valence-corrected chi connectivity index (χ2v) is 5.15. The van der Waals surface area contributed by atoms with Crippen LogP contribution in [0.1, 0.15) is 24.5 Å². The first-order valence-electron chi connectivity index (χ1n) is 6.92. The van der Waals surface area contributed by atoms with Crippen LogP contribution >= 0.6 is 0 Å². The maximum absolute atomic E-state index is 12.2. The Hall–Kier alpha value is -2.69. The van der Waals surface area contributed by atoms with Crippen LogP contribution in [0.3, 0.4) is 0 Å². The summed E-state index contributed by atoms with van der Waals surface area (Å²) in [5, 5.41) is 0. The van der Waals surface area contributed by atoms with E-state index in [2.05, 4.69) is 9.97 Å². The van der Waals surface area contributed by atoms with Crippen LogP contribution < -0.4 is 5.69 Å². The van der Waals surface area contributed by atoms with Crippen molar-refractivity contribution >= 4 is 0 Å². The normalized spacial score (nSPS) is 14.3. The maximum atomic E-state index is 12.2. The van der Waals surface area contributed by atoms with Crippen molar-refractivity contribution in [1.82, 2.24) is 14.5 Å². The third kappa shape index (κ3) is 2.16. The number of hydrogen-bond acceptors (Lipinski definition) is 4. The molecule has 0 unspecified atom stereocenters. The van der Waals surface area contributed by atoms with Gasteiger partial charge in [0, 0.05) is 17.7 Å². The summed E-state index contributed by atoms with van der Waals surface area (Å²) < 4.78 is 6.88. The van der Waals surface area contributed by atoms with Gasteiger partial charge in [0.25, 0.3) is 0 Å². The molecule has 0 aliphatic heterocycles. The van der Waals surface area contributed by atoms with Crippen molar-refractivity contribution in [1.29, 1.82) is 0 Å². The van der Waals surface area contributed by atoms with E-state index in [4.69, 9.17) is 4.42 Å². The Kier molecular flexibility index (Phi) is 2.70. The zero-order chi connectivity index (χ0) is 14.2. The van der Waals surface area contributed by atoms with Crippen LogP contribution in [-0.2, 0) is 0 Å². The molecule has 4 rings (SSSR count). The molecule has 0 atom stereocenters. The molecule has 3 aromatic rings. The molecule has 1 aliphatic carbocycles. The summed E-state index contributed by atoms with van der Waals surface area (Å²) >= 11 is 0. The summed E-state index contributed by atoms with van der Waals surface area (Å²) in [6.45, 7) is 0. The highest BCUT2D eigenvalue weighted by Gasteiger charge is 2.26. The topological polar surface area (TPSA) is 60.9 Å². The zero-order valence-corrected chi connectivity index (χ0v) is 11.3. The fourth-order valence-electron chi connectivity index (χ4n) is 2.38. The number of rotatable bonds is 3. The van der Waals surface area contributed by atoms with Crippen LogP contribution in [0.25, 0.3) is 17.1 Å². The van der Waals surface area contributed by atoms with Gasteiger partial charge in [-0.1, -0.05) is 30.3 Å². The lowest BCUT2D eigenvalue weighted by Crippen LogP contribution is -2.22. The molecule has 0 bridgehead atoms. The van der Waals surface area contributed by atoms with Gasteiger partial charge in [0.05, 0.1) is 5.69 Å². The number of aromatic nitrogens is 3. The highest BCUT2D eigenvalue weighted by atomic mass is 16.3. The first kappa shape index (κ1) is 12.1. The lowest BCUT2D eigenvalue weighted by atomic mass is 10.2. The molecule has 0 N–H and O–H groups in total. The van der Waals surface area contributed by atoms with Gasteiger partial charge in [-0.15, -0.1) is 0 Å². The smallest absolute Gasteiger partial charge is 0.353 e. The second kappa shape index (κ2) is 4.70. The molecule has 21 heavy (non-hydrogen) atoms. The van der Waals surface area contributed by atoms with Crippen molar-refractivity contribution in [3.8, 4) is 17.1 Å². The van der Waals surface area contributed by atoms with Gasteiger partial charge >= 0.3 is 5.69 Å². The van der Waals surface area contributed by atoms with Gasteiger partial charge in [-0.25, -0.2) is 9.36 Å². The summed E-state index contributed by atoms with van der Waals surface area (Å²) in [7, 11) is 0. The molecule has 0 spiro atoms. The molecule has 2 heterocycles. The van der Waals surface area contributed by atoms with Crippen LogP contribution in [0, 0.1) is 0 Å². The Labute approximate surface area is 120 Å². The van der Waals surface area contributed by atoms with Gasteiger partial charge in [-0.05, 0) is 18.9 Å². The Bertz CT molecular complexity index is 832. The Balaban J connectivity index is 1.81. The molecule has 5 heteroatoms. The van der Waals surface area contributed by atoms with Crippen LogP contribution in [0.4, 0.5) is 0 Å². The first-order chi connectivity index (χ1) is 10.3. The minimum Gasteiger partial charge on any atom is -0.441 e. The maximum Gasteiger partial charge on any atom is 0.353 e. The van der Waals surface area contributed by atoms with Gasteiger partial charge in [-0.2, -0.15) is 9.97 Å². The molecule has 104 valence electrons. The molecular weight excluding hydrogens is 266 g/mol. The lowest BCUT2D eigenvalue weighted by molar-refractivity contribution is 0.571. The number of hydrogen-bond donors (Lipinski definition) is 0. The predicted molar refractivity (Wildman–Crippen MR) is 77.3 cm³/mol. The van der Waals surface area contributed by atoms with E-state index in [1.54, 1.807) is 6.20 Å². The van der Waals surface area contributed by atoms with Crippen molar-refractivity contribution < 1.29 is 4.42 Å². The van der Waals surface area contributed by atoms with Crippen molar-refractivity contribution in [3.05, 3.63) is 65.2 Å².